The highest BCUT2D eigenvalue weighted by Crippen LogP contribution is 2.34. The number of alkyl halides is 3. The van der Waals surface area contributed by atoms with Gasteiger partial charge >= 0.3 is 5.02 Å². The van der Waals surface area contributed by atoms with Crippen molar-refractivity contribution in [3.8, 4) is 5.75 Å². The second-order valence-corrected chi connectivity index (χ2v) is 6.93. The summed E-state index contributed by atoms with van der Waals surface area (Å²) in [6.45, 7) is 1.44. The van der Waals surface area contributed by atoms with Gasteiger partial charge in [0.25, 0.3) is 0 Å². The van der Waals surface area contributed by atoms with E-state index >= 15 is 0 Å². The lowest BCUT2D eigenvalue weighted by molar-refractivity contribution is -0.0803. The van der Waals surface area contributed by atoms with Gasteiger partial charge in [-0.05, 0) is 47.5 Å². The number of aromatic nitrogens is 1. The van der Waals surface area contributed by atoms with Crippen molar-refractivity contribution >= 4 is 32.5 Å². The zero-order valence-corrected chi connectivity index (χ0v) is 14.6. The molecule has 1 aliphatic heterocycles. The smallest absolute Gasteiger partial charge is 0.424 e. The maximum atomic E-state index is 12.9. The van der Waals surface area contributed by atoms with Crippen LogP contribution < -0.4 is 9.64 Å². The van der Waals surface area contributed by atoms with Crippen molar-refractivity contribution < 1.29 is 13.5 Å². The topological polar surface area (TPSA) is 17.4 Å². The molecule has 6 heteroatoms. The summed E-state index contributed by atoms with van der Waals surface area (Å²) in [5, 5.41) is -2.16. The predicted octanol–water partition coefficient (Wildman–Crippen LogP) is 5.02. The number of benzene rings is 2. The minimum atomic E-state index is -3.35. The molecule has 0 bridgehead atoms. The van der Waals surface area contributed by atoms with Crippen LogP contribution in [-0.2, 0) is 20.1 Å². The van der Waals surface area contributed by atoms with E-state index in [2.05, 4.69) is 54.4 Å². The predicted molar refractivity (Wildman–Crippen MR) is 93.8 cm³/mol. The number of halogens is 3. The molecule has 3 aromatic rings. The van der Waals surface area contributed by atoms with Crippen LogP contribution in [0.1, 0.15) is 11.1 Å². The fourth-order valence-corrected chi connectivity index (χ4v) is 3.40. The van der Waals surface area contributed by atoms with Gasteiger partial charge in [-0.2, -0.15) is 8.78 Å². The first kappa shape index (κ1) is 15.4. The van der Waals surface area contributed by atoms with E-state index in [1.54, 1.807) is 12.1 Å². The molecule has 0 N–H and O–H groups in total. The molecule has 1 aliphatic rings. The molecule has 0 saturated heterocycles. The van der Waals surface area contributed by atoms with Crippen LogP contribution in [0.5, 0.6) is 5.75 Å². The second kappa shape index (κ2) is 5.48. The average Bonchev–Trinajstić information content (AvgIpc) is 3.09. The third-order valence-electron chi connectivity index (χ3n) is 4.37. The molecule has 0 aliphatic carbocycles. The van der Waals surface area contributed by atoms with E-state index in [-0.39, 0.29) is 5.75 Å². The Kier molecular flexibility index (Phi) is 3.53. The van der Waals surface area contributed by atoms with Crippen LogP contribution in [0.2, 0.25) is 0 Å². The molecule has 0 unspecified atom stereocenters. The summed E-state index contributed by atoms with van der Waals surface area (Å²) in [5.74, 6) is 0.163. The standard InChI is InChI=1S/C18H15BrF2N2O/c1-22-7-6-12-8-15(3-5-17(12)22)23-10-13-2-4-16(9-14(13)11-23)24-18(19,20)21/h2-9H,10-11H2,1H3. The highest BCUT2D eigenvalue weighted by Gasteiger charge is 2.28. The lowest BCUT2D eigenvalue weighted by atomic mass is 10.1. The third kappa shape index (κ3) is 2.86. The quantitative estimate of drug-likeness (QED) is 0.582. The molecule has 0 amide bonds. The van der Waals surface area contributed by atoms with Gasteiger partial charge in [0.2, 0.25) is 0 Å². The van der Waals surface area contributed by atoms with E-state index < -0.39 is 5.02 Å². The molecule has 4 rings (SSSR count). The van der Waals surface area contributed by atoms with Crippen LogP contribution in [0.25, 0.3) is 10.9 Å². The summed E-state index contributed by atoms with van der Waals surface area (Å²) in [5.41, 5.74) is 4.45. The maximum Gasteiger partial charge on any atom is 0.459 e. The van der Waals surface area contributed by atoms with Crippen LogP contribution in [0, 0.1) is 0 Å². The SMILES string of the molecule is Cn1ccc2cc(N3Cc4ccc(OC(F)(F)Br)cc4C3)ccc21. The molecule has 24 heavy (non-hydrogen) atoms. The first-order valence-corrected chi connectivity index (χ1v) is 8.36. The van der Waals surface area contributed by atoms with Gasteiger partial charge in [-0.3, -0.25) is 0 Å². The Bertz CT molecular complexity index is 917. The molecule has 3 nitrogen and oxygen atoms in total. The Labute approximate surface area is 146 Å². The van der Waals surface area contributed by atoms with E-state index in [9.17, 15) is 8.78 Å². The van der Waals surface area contributed by atoms with Gasteiger partial charge in [-0.1, -0.05) is 6.07 Å². The Hall–Kier alpha value is -2.08. The lowest BCUT2D eigenvalue weighted by Gasteiger charge is -2.18. The molecule has 0 spiro atoms. The van der Waals surface area contributed by atoms with Crippen molar-refractivity contribution in [1.29, 1.82) is 0 Å². The monoisotopic (exact) mass is 392 g/mol. The van der Waals surface area contributed by atoms with Gasteiger partial charge in [-0.15, -0.1) is 0 Å². The normalized spacial score (nSPS) is 14.2. The summed E-state index contributed by atoms with van der Waals surface area (Å²) in [4.78, 5) is 2.23. The van der Waals surface area contributed by atoms with Crippen molar-refractivity contribution in [1.82, 2.24) is 4.57 Å². The zero-order valence-electron chi connectivity index (χ0n) is 13.0. The average molecular weight is 393 g/mol. The van der Waals surface area contributed by atoms with Crippen molar-refractivity contribution in [2.75, 3.05) is 4.90 Å². The fourth-order valence-electron chi connectivity index (χ4n) is 3.22. The number of fused-ring (bicyclic) bond motifs is 2. The molecule has 0 atom stereocenters. The molecule has 0 radical (unpaired) electrons. The number of aryl methyl sites for hydroxylation is 1. The number of nitrogens with zero attached hydrogens (tertiary/aromatic N) is 2. The molecule has 124 valence electrons. The Morgan fingerprint density at radius 3 is 2.62 bits per heavy atom. The molecule has 2 heterocycles. The summed E-state index contributed by atoms with van der Waals surface area (Å²) < 4.78 is 32.5. The molecule has 2 aromatic carbocycles. The molecule has 0 saturated carbocycles. The van der Waals surface area contributed by atoms with Gasteiger partial charge in [-0.25, -0.2) is 0 Å². The van der Waals surface area contributed by atoms with E-state index in [4.69, 9.17) is 0 Å². The van der Waals surface area contributed by atoms with E-state index in [0.717, 1.165) is 23.4 Å². The highest BCUT2D eigenvalue weighted by molar-refractivity contribution is 9.09. The summed E-state index contributed by atoms with van der Waals surface area (Å²) in [6.07, 6.45) is 2.04. The molecular weight excluding hydrogens is 378 g/mol. The number of hydrogen-bond acceptors (Lipinski definition) is 2. The second-order valence-electron chi connectivity index (χ2n) is 6.00. The number of hydrogen-bond donors (Lipinski definition) is 0. The lowest BCUT2D eigenvalue weighted by Crippen LogP contribution is -2.15. The Morgan fingerprint density at radius 1 is 1.04 bits per heavy atom. The maximum absolute atomic E-state index is 12.9. The van der Waals surface area contributed by atoms with Gasteiger partial charge in [0.05, 0.1) is 0 Å². The van der Waals surface area contributed by atoms with Crippen molar-refractivity contribution in [2.24, 2.45) is 7.05 Å². The van der Waals surface area contributed by atoms with Crippen molar-refractivity contribution in [3.63, 3.8) is 0 Å². The molecular formula is C18H15BrF2N2O. The first-order valence-electron chi connectivity index (χ1n) is 7.57. The van der Waals surface area contributed by atoms with Crippen LogP contribution in [0.15, 0.2) is 48.7 Å². The number of anilines is 1. The van der Waals surface area contributed by atoms with E-state index in [1.807, 2.05) is 19.3 Å². The van der Waals surface area contributed by atoms with Gasteiger partial charge in [0, 0.05) is 58.9 Å². The van der Waals surface area contributed by atoms with E-state index in [0.29, 0.717) is 6.54 Å². The number of rotatable bonds is 3. The summed E-state index contributed by atoms with van der Waals surface area (Å²) in [7, 11) is 2.02. The summed E-state index contributed by atoms with van der Waals surface area (Å²) >= 11 is 2.20. The van der Waals surface area contributed by atoms with Crippen LogP contribution >= 0.6 is 15.9 Å². The van der Waals surface area contributed by atoms with Crippen molar-refractivity contribution in [2.45, 2.75) is 18.1 Å². The fraction of sp³-hybridized carbons (Fsp3) is 0.222. The largest absolute Gasteiger partial charge is 0.459 e. The van der Waals surface area contributed by atoms with Crippen LogP contribution in [0.4, 0.5) is 14.5 Å². The minimum Gasteiger partial charge on any atom is -0.424 e. The minimum absolute atomic E-state index is 0.163. The molecule has 0 fully saturated rings. The Morgan fingerprint density at radius 2 is 1.83 bits per heavy atom. The van der Waals surface area contributed by atoms with Crippen LogP contribution in [0.3, 0.4) is 0 Å². The Balaban J connectivity index is 1.59. The first-order chi connectivity index (χ1) is 11.4. The van der Waals surface area contributed by atoms with Crippen molar-refractivity contribution in [3.05, 3.63) is 59.8 Å². The van der Waals surface area contributed by atoms with Crippen LogP contribution in [-0.4, -0.2) is 9.58 Å². The third-order valence-corrected chi connectivity index (χ3v) is 4.53. The zero-order chi connectivity index (χ0) is 16.9. The summed E-state index contributed by atoms with van der Waals surface area (Å²) in [6, 6.07) is 13.6. The van der Waals surface area contributed by atoms with E-state index in [1.165, 1.54) is 10.9 Å². The molecule has 1 aromatic heterocycles. The highest BCUT2D eigenvalue weighted by atomic mass is 79.9. The van der Waals surface area contributed by atoms with Gasteiger partial charge in [0.15, 0.2) is 0 Å². The van der Waals surface area contributed by atoms with Gasteiger partial charge < -0.3 is 14.2 Å². The number of ether oxygens (including phenoxy) is 1. The van der Waals surface area contributed by atoms with Gasteiger partial charge in [0.1, 0.15) is 5.75 Å².